The topological polar surface area (TPSA) is 72.3 Å². The molecule has 14 aromatic rings. The highest BCUT2D eigenvalue weighted by Crippen LogP contribution is 2.44. The summed E-state index contributed by atoms with van der Waals surface area (Å²) in [7, 11) is 0. The SMILES string of the molecule is Cc1cccc2c1c1c(C)cccc1n2-c1cc(-c2cc(-c3cc(-c4ccccc4)nc(-c4ccccc4)c3)nc(-c3cc(-c4ccccc4)nc(-c4ccccc4)c3)c2)cc(-n2c3cccc(C)c3c3c(C)cccc32)c1C#N. The number of hydrogen-bond acceptors (Lipinski definition) is 4. The molecule has 0 spiro atoms. The molecule has 0 aliphatic rings. The van der Waals surface area contributed by atoms with E-state index in [1.165, 1.54) is 43.8 Å². The minimum absolute atomic E-state index is 0.565. The summed E-state index contributed by atoms with van der Waals surface area (Å²) < 4.78 is 4.65. The van der Waals surface area contributed by atoms with Gasteiger partial charge < -0.3 is 9.13 Å². The van der Waals surface area contributed by atoms with E-state index in [1.54, 1.807) is 0 Å². The number of nitriles is 1. The Balaban J connectivity index is 1.12. The average Bonchev–Trinajstić information content (AvgIpc) is 4.19. The minimum Gasteiger partial charge on any atom is -0.308 e. The van der Waals surface area contributed by atoms with Crippen LogP contribution in [0.1, 0.15) is 27.8 Å². The number of hydrogen-bond donors (Lipinski definition) is 0. The second-order valence-electron chi connectivity index (χ2n) is 20.9. The van der Waals surface area contributed by atoms with Crippen molar-refractivity contribution >= 4 is 43.6 Å². The fourth-order valence-electron chi connectivity index (χ4n) is 12.1. The molecule has 14 rings (SSSR count). The Kier molecular flexibility index (Phi) is 11.7. The first-order chi connectivity index (χ1) is 39.3. The van der Waals surface area contributed by atoms with Crippen molar-refractivity contribution in [3.05, 3.63) is 270 Å². The molecule has 0 amide bonds. The number of aryl methyl sites for hydroxylation is 4. The highest BCUT2D eigenvalue weighted by Gasteiger charge is 2.25. The Bertz CT molecular complexity index is 4270. The third kappa shape index (κ3) is 8.15. The molecule has 6 nitrogen and oxygen atoms in total. The van der Waals surface area contributed by atoms with Crippen molar-refractivity contribution in [3.8, 4) is 96.1 Å². The van der Waals surface area contributed by atoms with Gasteiger partial charge in [0.25, 0.3) is 0 Å². The van der Waals surface area contributed by atoms with Crippen LogP contribution in [0.15, 0.2) is 243 Å². The second kappa shape index (κ2) is 19.5. The Morgan fingerprint density at radius 2 is 0.525 bits per heavy atom. The quantitative estimate of drug-likeness (QED) is 0.144. The summed E-state index contributed by atoms with van der Waals surface area (Å²) in [6.45, 7) is 8.74. The zero-order chi connectivity index (χ0) is 54.0. The normalized spacial score (nSPS) is 11.5. The minimum atomic E-state index is 0.565. The Hall–Kier alpha value is -10.5. The van der Waals surface area contributed by atoms with Crippen LogP contribution in [0.2, 0.25) is 0 Å². The van der Waals surface area contributed by atoms with E-state index in [0.29, 0.717) is 5.56 Å². The van der Waals surface area contributed by atoms with E-state index in [4.69, 9.17) is 15.0 Å². The van der Waals surface area contributed by atoms with Gasteiger partial charge in [0.15, 0.2) is 0 Å². The van der Waals surface area contributed by atoms with Crippen LogP contribution in [0.4, 0.5) is 0 Å². The number of aromatic nitrogens is 5. The summed E-state index contributed by atoms with van der Waals surface area (Å²) in [6, 6.07) is 87.9. The number of rotatable bonds is 9. The molecule has 5 aromatic heterocycles. The molecule has 378 valence electrons. The summed E-state index contributed by atoms with van der Waals surface area (Å²) in [5.41, 5.74) is 23.6. The summed E-state index contributed by atoms with van der Waals surface area (Å²) in [5.74, 6) is 0. The van der Waals surface area contributed by atoms with Crippen molar-refractivity contribution in [2.75, 3.05) is 0 Å². The van der Waals surface area contributed by atoms with Crippen LogP contribution in [0.25, 0.3) is 134 Å². The van der Waals surface area contributed by atoms with E-state index in [9.17, 15) is 5.26 Å². The molecule has 0 saturated carbocycles. The van der Waals surface area contributed by atoms with Crippen molar-refractivity contribution in [1.82, 2.24) is 24.1 Å². The monoisotopic (exact) mass is 1020 g/mol. The molecule has 6 heteroatoms. The molecule has 0 unspecified atom stereocenters. The van der Waals surface area contributed by atoms with Crippen LogP contribution < -0.4 is 0 Å². The first-order valence-electron chi connectivity index (χ1n) is 27.1. The van der Waals surface area contributed by atoms with Crippen LogP contribution in [0.3, 0.4) is 0 Å². The number of pyridine rings is 3. The van der Waals surface area contributed by atoms with Gasteiger partial charge in [-0.25, -0.2) is 15.0 Å². The Labute approximate surface area is 464 Å². The third-order valence-corrected chi connectivity index (χ3v) is 15.8. The molecule has 0 aliphatic heterocycles. The van der Waals surface area contributed by atoms with Gasteiger partial charge in [0, 0.05) is 54.9 Å². The summed E-state index contributed by atoms with van der Waals surface area (Å²) in [6.07, 6.45) is 0. The molecule has 0 fully saturated rings. The second-order valence-corrected chi connectivity index (χ2v) is 20.9. The lowest BCUT2D eigenvalue weighted by Crippen LogP contribution is -2.05. The molecule has 0 saturated heterocycles. The van der Waals surface area contributed by atoms with Gasteiger partial charge in [0.05, 0.1) is 67.6 Å². The molecule has 80 heavy (non-hydrogen) atoms. The maximum Gasteiger partial charge on any atom is 0.104 e. The van der Waals surface area contributed by atoms with E-state index in [2.05, 4.69) is 261 Å². The lowest BCUT2D eigenvalue weighted by molar-refractivity contribution is 1.12. The average molecular weight is 1030 g/mol. The third-order valence-electron chi connectivity index (χ3n) is 15.8. The summed E-state index contributed by atoms with van der Waals surface area (Å²) in [5, 5.41) is 16.6. The van der Waals surface area contributed by atoms with Crippen molar-refractivity contribution < 1.29 is 0 Å². The molecule has 9 aromatic carbocycles. The molecule has 0 N–H and O–H groups in total. The predicted molar refractivity (Wildman–Crippen MR) is 330 cm³/mol. The van der Waals surface area contributed by atoms with Crippen molar-refractivity contribution in [2.45, 2.75) is 27.7 Å². The fraction of sp³-hybridized carbons (Fsp3) is 0.0541. The maximum absolute atomic E-state index is 11.9. The standard InChI is InChI=1S/C74H52N6/c1-46-21-17-33-65-71(46)72-47(2)22-18-34-66(72)79(65)69-43-55(44-70(58(69)45-75)80-67-35-19-23-48(3)73(67)74-49(4)24-20-36-68(74)80)54-37-63(56-39-59(50-25-9-5-10-26-50)76-60(40-56)51-27-11-6-12-28-51)78-64(38-54)57-41-61(52-29-13-7-14-30-52)77-62(42-57)53-31-15-8-16-32-53/h5-44H,1-4H3. The molecule has 0 aliphatic carbocycles. The highest BCUT2D eigenvalue weighted by atomic mass is 15.0. The van der Waals surface area contributed by atoms with Crippen LogP contribution in [0.5, 0.6) is 0 Å². The van der Waals surface area contributed by atoms with Gasteiger partial charge in [-0.05, 0) is 134 Å². The molecule has 0 radical (unpaired) electrons. The van der Waals surface area contributed by atoms with Gasteiger partial charge in [-0.15, -0.1) is 0 Å². The lowest BCUT2D eigenvalue weighted by atomic mass is 9.95. The molecule has 5 heterocycles. The first kappa shape index (κ1) is 47.9. The maximum atomic E-state index is 11.9. The summed E-state index contributed by atoms with van der Waals surface area (Å²) in [4.78, 5) is 16.3. The van der Waals surface area contributed by atoms with Gasteiger partial charge in [-0.3, -0.25) is 0 Å². The largest absolute Gasteiger partial charge is 0.308 e. The van der Waals surface area contributed by atoms with E-state index >= 15 is 0 Å². The lowest BCUT2D eigenvalue weighted by Gasteiger charge is -2.19. The number of benzene rings is 9. The van der Waals surface area contributed by atoms with E-state index in [-0.39, 0.29) is 0 Å². The van der Waals surface area contributed by atoms with Crippen LogP contribution >= 0.6 is 0 Å². The first-order valence-corrected chi connectivity index (χ1v) is 27.1. The van der Waals surface area contributed by atoms with Crippen molar-refractivity contribution in [1.29, 1.82) is 5.26 Å². The highest BCUT2D eigenvalue weighted by molar-refractivity contribution is 6.14. The van der Waals surface area contributed by atoms with Crippen molar-refractivity contribution in [3.63, 3.8) is 0 Å². The molecule has 0 bridgehead atoms. The van der Waals surface area contributed by atoms with E-state index < -0.39 is 0 Å². The Morgan fingerprint density at radius 1 is 0.275 bits per heavy atom. The Morgan fingerprint density at radius 3 is 0.800 bits per heavy atom. The number of fused-ring (bicyclic) bond motifs is 6. The number of nitrogens with zero attached hydrogens (tertiary/aromatic N) is 6. The fourth-order valence-corrected chi connectivity index (χ4v) is 12.1. The zero-order valence-electron chi connectivity index (χ0n) is 44.8. The van der Waals surface area contributed by atoms with Crippen LogP contribution in [-0.2, 0) is 0 Å². The van der Waals surface area contributed by atoms with Crippen LogP contribution in [0, 0.1) is 39.0 Å². The van der Waals surface area contributed by atoms with Gasteiger partial charge in [0.1, 0.15) is 11.6 Å². The van der Waals surface area contributed by atoms with E-state index in [0.717, 1.165) is 112 Å². The van der Waals surface area contributed by atoms with Gasteiger partial charge in [-0.2, -0.15) is 5.26 Å². The van der Waals surface area contributed by atoms with Gasteiger partial charge >= 0.3 is 0 Å². The van der Waals surface area contributed by atoms with Crippen LogP contribution in [-0.4, -0.2) is 24.1 Å². The van der Waals surface area contributed by atoms with Gasteiger partial charge in [-0.1, -0.05) is 170 Å². The molecule has 0 atom stereocenters. The smallest absolute Gasteiger partial charge is 0.104 e. The molecular formula is C74H52N6. The van der Waals surface area contributed by atoms with Crippen molar-refractivity contribution in [2.24, 2.45) is 0 Å². The summed E-state index contributed by atoms with van der Waals surface area (Å²) >= 11 is 0. The zero-order valence-corrected chi connectivity index (χ0v) is 44.8. The van der Waals surface area contributed by atoms with Gasteiger partial charge in [0.2, 0.25) is 0 Å². The predicted octanol–water partition coefficient (Wildman–Crippen LogP) is 18.8. The molecular weight excluding hydrogens is 973 g/mol. The van der Waals surface area contributed by atoms with E-state index in [1.807, 2.05) is 24.3 Å².